The number of thioether (sulfide) groups is 1. The largest absolute Gasteiger partial charge is 0.497 e. The number of methoxy groups -OCH3 is 1. The van der Waals surface area contributed by atoms with E-state index in [-0.39, 0.29) is 12.5 Å². The molecule has 0 radical (unpaired) electrons. The summed E-state index contributed by atoms with van der Waals surface area (Å²) in [6.45, 7) is 7.71. The van der Waals surface area contributed by atoms with Gasteiger partial charge < -0.3 is 19.4 Å². The molecule has 0 aliphatic heterocycles. The lowest BCUT2D eigenvalue weighted by Gasteiger charge is -2.22. The highest BCUT2D eigenvalue weighted by atomic mass is 35.5. The Labute approximate surface area is 254 Å². The smallest absolute Gasteiger partial charge is 0.283 e. The Morgan fingerprint density at radius 3 is 2.48 bits per heavy atom. The fourth-order valence-corrected chi connectivity index (χ4v) is 5.87. The second-order valence-electron chi connectivity index (χ2n) is 10.9. The zero-order valence-electron chi connectivity index (χ0n) is 23.9. The number of ether oxygens (including phenoxy) is 2. The van der Waals surface area contributed by atoms with Crippen LogP contribution in [0, 0.1) is 5.82 Å². The Hall–Kier alpha value is -2.99. The van der Waals surface area contributed by atoms with Gasteiger partial charge >= 0.3 is 0 Å². The number of hydrogen-bond acceptors (Lipinski definition) is 6. The molecule has 2 aromatic carbocycles. The van der Waals surface area contributed by atoms with Gasteiger partial charge in [0.25, 0.3) is 6.43 Å². The maximum Gasteiger partial charge on any atom is 0.283 e. The lowest BCUT2D eigenvalue weighted by molar-refractivity contribution is 0.0847. The van der Waals surface area contributed by atoms with Crippen LogP contribution in [0.2, 0.25) is 30.7 Å². The van der Waals surface area contributed by atoms with Crippen molar-refractivity contribution < 1.29 is 22.6 Å². The number of pyridine rings is 1. The predicted octanol–water partition coefficient (Wildman–Crippen LogP) is 8.82. The molecule has 224 valence electrons. The molecule has 12 heteroatoms. The van der Waals surface area contributed by atoms with Crippen LogP contribution in [0.15, 0.2) is 71.9 Å². The quantitative estimate of drug-likeness (QED) is 0.0850. The highest BCUT2D eigenvalue weighted by Crippen LogP contribution is 2.32. The van der Waals surface area contributed by atoms with E-state index in [2.05, 4.69) is 29.9 Å². The molecule has 0 saturated carbocycles. The number of rotatable bonds is 14. The second-order valence-corrected chi connectivity index (χ2v) is 17.9. The van der Waals surface area contributed by atoms with E-state index in [4.69, 9.17) is 26.1 Å². The number of anilines is 1. The minimum absolute atomic E-state index is 0.0818. The zero-order valence-corrected chi connectivity index (χ0v) is 26.5. The van der Waals surface area contributed by atoms with Crippen LogP contribution in [-0.2, 0) is 17.2 Å². The van der Waals surface area contributed by atoms with Crippen molar-refractivity contribution in [2.45, 2.75) is 55.7 Å². The third-order valence-corrected chi connectivity index (χ3v) is 9.28. The van der Waals surface area contributed by atoms with E-state index in [1.54, 1.807) is 37.1 Å². The van der Waals surface area contributed by atoms with Gasteiger partial charge in [-0.15, -0.1) is 11.8 Å². The Kier molecular flexibility index (Phi) is 11.0. The molecular weight excluding hydrogens is 601 g/mol. The van der Waals surface area contributed by atoms with Gasteiger partial charge in [0.2, 0.25) is 0 Å². The van der Waals surface area contributed by atoms with E-state index in [0.29, 0.717) is 23.2 Å². The number of halogens is 4. The molecule has 0 bridgehead atoms. The van der Waals surface area contributed by atoms with Crippen LogP contribution in [0.5, 0.6) is 5.75 Å². The fourth-order valence-electron chi connectivity index (χ4n) is 4.05. The van der Waals surface area contributed by atoms with Gasteiger partial charge in [-0.05, 0) is 53.6 Å². The van der Waals surface area contributed by atoms with Crippen molar-refractivity contribution in [3.8, 4) is 5.75 Å². The van der Waals surface area contributed by atoms with Gasteiger partial charge in [-0.25, -0.2) is 23.1 Å². The fraction of sp³-hybridized carbons (Fsp3) is 0.333. The number of aromatic nitrogens is 3. The van der Waals surface area contributed by atoms with Crippen molar-refractivity contribution in [1.82, 2.24) is 14.5 Å². The van der Waals surface area contributed by atoms with Crippen LogP contribution in [0.4, 0.5) is 19.0 Å². The molecule has 6 nitrogen and oxygen atoms in total. The van der Waals surface area contributed by atoms with Gasteiger partial charge in [0.1, 0.15) is 40.9 Å². The van der Waals surface area contributed by atoms with Gasteiger partial charge in [0, 0.05) is 31.7 Å². The van der Waals surface area contributed by atoms with E-state index in [1.807, 2.05) is 41.1 Å². The molecule has 1 unspecified atom stereocenters. The van der Waals surface area contributed by atoms with Crippen LogP contribution in [0.3, 0.4) is 0 Å². The number of nitrogens with zero attached hydrogens (tertiary/aromatic N) is 3. The first kappa shape index (κ1) is 31.9. The van der Waals surface area contributed by atoms with Crippen LogP contribution in [-0.4, -0.2) is 36.3 Å². The minimum Gasteiger partial charge on any atom is -0.497 e. The van der Waals surface area contributed by atoms with Gasteiger partial charge in [-0.1, -0.05) is 55.5 Å². The Morgan fingerprint density at radius 1 is 1.05 bits per heavy atom. The van der Waals surface area contributed by atoms with Crippen molar-refractivity contribution in [3.05, 3.63) is 100 Å². The summed E-state index contributed by atoms with van der Waals surface area (Å²) in [5.74, 6) is 1.05. The van der Waals surface area contributed by atoms with E-state index in [0.717, 1.165) is 34.0 Å². The maximum atomic E-state index is 14.0. The molecule has 4 rings (SSSR count). The first-order chi connectivity index (χ1) is 20.0. The van der Waals surface area contributed by atoms with Crippen LogP contribution in [0.25, 0.3) is 0 Å². The number of benzene rings is 2. The van der Waals surface area contributed by atoms with Crippen LogP contribution in [0.1, 0.15) is 35.1 Å². The third kappa shape index (κ3) is 9.00. The topological polar surface area (TPSA) is 61.2 Å². The summed E-state index contributed by atoms with van der Waals surface area (Å²) in [6, 6.07) is 17.7. The summed E-state index contributed by atoms with van der Waals surface area (Å²) in [5, 5.41) is 4.44. The average Bonchev–Trinajstić information content (AvgIpc) is 3.36. The summed E-state index contributed by atoms with van der Waals surface area (Å²) < 4.78 is 54.1. The van der Waals surface area contributed by atoms with Gasteiger partial charge in [0.15, 0.2) is 5.82 Å². The lowest BCUT2D eigenvalue weighted by atomic mass is 10.1. The average molecular weight is 635 g/mol. The maximum absolute atomic E-state index is 14.0. The molecule has 2 heterocycles. The first-order valence-electron chi connectivity index (χ1n) is 13.4. The molecule has 0 amide bonds. The van der Waals surface area contributed by atoms with Gasteiger partial charge in [0.05, 0.1) is 7.11 Å². The predicted molar refractivity (Wildman–Crippen MR) is 165 cm³/mol. The first-order valence-corrected chi connectivity index (χ1v) is 18.5. The molecule has 1 N–H and O–H groups in total. The lowest BCUT2D eigenvalue weighted by Crippen LogP contribution is -2.23. The molecule has 2 aromatic heterocycles. The Morgan fingerprint density at radius 2 is 1.81 bits per heavy atom. The zero-order chi connectivity index (χ0) is 30.3. The SMILES string of the molecule is COc1ccc(CSc2cn(COCC[Si](C)(C)C)c(C(Nc3ccc(F)c(C(F)F)n3)c3cccc(Cl)c3)n2)cc1. The van der Waals surface area contributed by atoms with Gasteiger partial charge in [-0.2, -0.15) is 0 Å². The molecule has 0 aliphatic rings. The monoisotopic (exact) mass is 634 g/mol. The Balaban J connectivity index is 1.68. The molecule has 0 aliphatic carbocycles. The van der Waals surface area contributed by atoms with Crippen LogP contribution < -0.4 is 10.1 Å². The number of hydrogen-bond donors (Lipinski definition) is 1. The second kappa shape index (κ2) is 14.5. The van der Waals surface area contributed by atoms with Crippen molar-refractivity contribution in [1.29, 1.82) is 0 Å². The van der Waals surface area contributed by atoms with E-state index in [9.17, 15) is 13.2 Å². The number of imidazole rings is 1. The molecule has 0 saturated heterocycles. The van der Waals surface area contributed by atoms with Crippen molar-refractivity contribution in [3.63, 3.8) is 0 Å². The molecular formula is C30H34ClF3N4O2SSi. The van der Waals surface area contributed by atoms with E-state index in [1.165, 1.54) is 6.07 Å². The summed E-state index contributed by atoms with van der Waals surface area (Å²) in [5.41, 5.74) is 0.911. The number of alkyl halides is 2. The normalized spacial score (nSPS) is 12.5. The van der Waals surface area contributed by atoms with E-state index < -0.39 is 32.1 Å². The Bertz CT molecular complexity index is 1470. The third-order valence-electron chi connectivity index (χ3n) is 6.37. The summed E-state index contributed by atoms with van der Waals surface area (Å²) in [6.07, 6.45) is -1.14. The van der Waals surface area contributed by atoms with Crippen LogP contribution >= 0.6 is 23.4 Å². The molecule has 0 spiro atoms. The van der Waals surface area contributed by atoms with Gasteiger partial charge in [-0.3, -0.25) is 0 Å². The highest BCUT2D eigenvalue weighted by molar-refractivity contribution is 7.98. The van der Waals surface area contributed by atoms with Crippen molar-refractivity contribution >= 4 is 37.3 Å². The highest BCUT2D eigenvalue weighted by Gasteiger charge is 2.24. The molecule has 0 fully saturated rings. The summed E-state index contributed by atoms with van der Waals surface area (Å²) in [4.78, 5) is 8.80. The number of nitrogens with one attached hydrogen (secondary N) is 1. The molecule has 1 atom stereocenters. The molecule has 42 heavy (non-hydrogen) atoms. The van der Waals surface area contributed by atoms with Crippen molar-refractivity contribution in [2.75, 3.05) is 19.0 Å². The molecule has 4 aromatic rings. The standard InChI is InChI=1S/C30H34ClF3N4O2SSi/c1-39-23-10-8-20(9-11-23)18-41-26-17-38(19-40-14-15-42(2,3)4)30(37-26)27(21-6-5-7-22(31)16-21)35-25-13-12-24(32)28(36-25)29(33)34/h5-13,16-17,27,29H,14-15,18-19H2,1-4H3,(H,35,36). The minimum atomic E-state index is -3.06. The van der Waals surface area contributed by atoms with E-state index >= 15 is 0 Å². The van der Waals surface area contributed by atoms with Crippen molar-refractivity contribution in [2.24, 2.45) is 0 Å². The summed E-state index contributed by atoms with van der Waals surface area (Å²) >= 11 is 7.90. The summed E-state index contributed by atoms with van der Waals surface area (Å²) in [7, 11) is 0.327.